The number of hydrogen-bond acceptors (Lipinski definition) is 5. The van der Waals surface area contributed by atoms with Gasteiger partial charge in [0.2, 0.25) is 0 Å². The van der Waals surface area contributed by atoms with Gasteiger partial charge in [0.15, 0.2) is 12.3 Å². The molecule has 262 valence electrons. The predicted octanol–water partition coefficient (Wildman–Crippen LogP) is 10.9. The van der Waals surface area contributed by atoms with E-state index in [9.17, 15) is 18.4 Å². The third-order valence-electron chi connectivity index (χ3n) is 10.0. The van der Waals surface area contributed by atoms with Gasteiger partial charge in [-0.15, -0.1) is 0 Å². The van der Waals surface area contributed by atoms with E-state index in [1.54, 1.807) is 0 Å². The highest BCUT2D eigenvalue weighted by Gasteiger charge is 2.29. The summed E-state index contributed by atoms with van der Waals surface area (Å²) < 4.78 is 45.7. The first-order chi connectivity index (χ1) is 22.4. The van der Waals surface area contributed by atoms with Gasteiger partial charge >= 0.3 is 11.9 Å². The van der Waals surface area contributed by atoms with Crippen molar-refractivity contribution in [3.05, 3.63) is 29.8 Å². The number of rotatable bonds is 22. The van der Waals surface area contributed by atoms with Crippen LogP contribution in [0, 0.1) is 5.92 Å². The van der Waals surface area contributed by atoms with Gasteiger partial charge in [-0.05, 0) is 107 Å². The number of hydrogen-bond donors (Lipinski definition) is 0. The van der Waals surface area contributed by atoms with Gasteiger partial charge in [-0.1, -0.05) is 90.2 Å². The minimum absolute atomic E-state index is 0.184. The largest absolute Gasteiger partial charge is 0.493 e. The Hall–Kier alpha value is -2.18. The van der Waals surface area contributed by atoms with E-state index in [4.69, 9.17) is 14.2 Å². The van der Waals surface area contributed by atoms with Crippen molar-refractivity contribution >= 4 is 11.9 Å². The SMILES string of the molecule is CCCCCCCC[C@@H](F)C(=O)OC1CCC(COc2ccc(C3CCC(OC(=O)[C@H](F)CCCCCCCC)CC3)cc2)CC1. The third kappa shape index (κ3) is 14.7. The summed E-state index contributed by atoms with van der Waals surface area (Å²) in [6.45, 7) is 4.97. The van der Waals surface area contributed by atoms with Gasteiger partial charge in [0.25, 0.3) is 0 Å². The fourth-order valence-electron chi connectivity index (χ4n) is 6.90. The maximum Gasteiger partial charge on any atom is 0.340 e. The summed E-state index contributed by atoms with van der Waals surface area (Å²) in [6.07, 6.45) is 16.7. The second-order valence-corrected chi connectivity index (χ2v) is 13.9. The van der Waals surface area contributed by atoms with Crippen molar-refractivity contribution in [1.82, 2.24) is 0 Å². The smallest absolute Gasteiger partial charge is 0.340 e. The summed E-state index contributed by atoms with van der Waals surface area (Å²) in [4.78, 5) is 24.4. The summed E-state index contributed by atoms with van der Waals surface area (Å²) in [5.41, 5.74) is 1.26. The first-order valence-electron chi connectivity index (χ1n) is 18.8. The lowest BCUT2D eigenvalue weighted by Gasteiger charge is -2.29. The minimum atomic E-state index is -1.50. The molecule has 1 aromatic rings. The number of halogens is 2. The summed E-state index contributed by atoms with van der Waals surface area (Å²) in [5.74, 6) is 0.275. The third-order valence-corrected chi connectivity index (χ3v) is 10.0. The van der Waals surface area contributed by atoms with Crippen LogP contribution in [0.3, 0.4) is 0 Å². The highest BCUT2D eigenvalue weighted by Crippen LogP contribution is 2.35. The molecule has 2 atom stereocenters. The molecule has 0 amide bonds. The number of unbranched alkanes of at least 4 members (excludes halogenated alkanes) is 10. The lowest BCUT2D eigenvalue weighted by Crippen LogP contribution is -2.30. The Morgan fingerprint density at radius 1 is 0.630 bits per heavy atom. The highest BCUT2D eigenvalue weighted by atomic mass is 19.1. The molecule has 0 aliphatic heterocycles. The zero-order valence-corrected chi connectivity index (χ0v) is 28.8. The molecule has 0 saturated heterocycles. The van der Waals surface area contributed by atoms with Crippen LogP contribution in [0.4, 0.5) is 8.78 Å². The molecule has 0 heterocycles. The summed E-state index contributed by atoms with van der Waals surface area (Å²) in [6, 6.07) is 8.30. The zero-order chi connectivity index (χ0) is 33.0. The lowest BCUT2D eigenvalue weighted by molar-refractivity contribution is -0.158. The molecule has 2 aliphatic rings. The van der Waals surface area contributed by atoms with Crippen molar-refractivity contribution < 1.29 is 32.6 Å². The van der Waals surface area contributed by atoms with Crippen molar-refractivity contribution in [3.63, 3.8) is 0 Å². The van der Waals surface area contributed by atoms with E-state index in [0.717, 1.165) is 95.6 Å². The van der Waals surface area contributed by atoms with Crippen LogP contribution in [0.1, 0.15) is 167 Å². The van der Waals surface area contributed by atoms with E-state index in [1.807, 2.05) is 12.1 Å². The monoisotopic (exact) mass is 648 g/mol. The van der Waals surface area contributed by atoms with Gasteiger partial charge in [0.1, 0.15) is 18.0 Å². The molecule has 0 aromatic heterocycles. The molecule has 0 unspecified atom stereocenters. The number of benzene rings is 1. The molecular formula is C39H62F2O5. The summed E-state index contributed by atoms with van der Waals surface area (Å²) in [7, 11) is 0. The fourth-order valence-corrected chi connectivity index (χ4v) is 6.90. The molecule has 2 fully saturated rings. The Labute approximate surface area is 277 Å². The van der Waals surface area contributed by atoms with Gasteiger partial charge < -0.3 is 14.2 Å². The maximum atomic E-state index is 14.3. The number of esters is 2. The van der Waals surface area contributed by atoms with E-state index in [2.05, 4.69) is 26.0 Å². The topological polar surface area (TPSA) is 61.8 Å². The van der Waals surface area contributed by atoms with Crippen molar-refractivity contribution in [2.75, 3.05) is 6.61 Å². The van der Waals surface area contributed by atoms with Crippen molar-refractivity contribution in [3.8, 4) is 5.75 Å². The van der Waals surface area contributed by atoms with Gasteiger partial charge in [-0.2, -0.15) is 0 Å². The molecule has 0 spiro atoms. The zero-order valence-electron chi connectivity index (χ0n) is 28.8. The summed E-state index contributed by atoms with van der Waals surface area (Å²) >= 11 is 0. The summed E-state index contributed by atoms with van der Waals surface area (Å²) in [5, 5.41) is 0. The van der Waals surface area contributed by atoms with E-state index in [-0.39, 0.29) is 25.0 Å². The Morgan fingerprint density at radius 3 is 1.54 bits per heavy atom. The van der Waals surface area contributed by atoms with E-state index in [0.29, 0.717) is 18.4 Å². The molecule has 3 rings (SSSR count). The quantitative estimate of drug-likeness (QED) is 0.0925. The van der Waals surface area contributed by atoms with Gasteiger partial charge in [-0.25, -0.2) is 18.4 Å². The normalized spacial score (nSPS) is 23.0. The molecule has 7 heteroatoms. The molecule has 0 bridgehead atoms. The van der Waals surface area contributed by atoms with Crippen molar-refractivity contribution in [2.24, 2.45) is 5.92 Å². The Kier molecular flexibility index (Phi) is 18.6. The average Bonchev–Trinajstić information content (AvgIpc) is 3.08. The van der Waals surface area contributed by atoms with Crippen LogP contribution in [0.2, 0.25) is 0 Å². The van der Waals surface area contributed by atoms with Crippen LogP contribution < -0.4 is 4.74 Å². The lowest BCUT2D eigenvalue weighted by atomic mass is 9.82. The van der Waals surface area contributed by atoms with E-state index < -0.39 is 24.3 Å². The molecule has 0 radical (unpaired) electrons. The first kappa shape index (κ1) is 38.3. The van der Waals surface area contributed by atoms with Gasteiger partial charge in [-0.3, -0.25) is 0 Å². The van der Waals surface area contributed by atoms with Crippen molar-refractivity contribution in [1.29, 1.82) is 0 Å². The van der Waals surface area contributed by atoms with Crippen LogP contribution in [0.15, 0.2) is 24.3 Å². The standard InChI is InChI=1S/C39H62F2O5/c1-3-5-7-9-11-13-15-36(40)38(42)45-34-23-17-30(18-24-34)29-44-33-25-19-31(20-26-33)32-21-27-35(28-22-32)46-39(43)37(41)16-14-12-10-8-6-4-2/h19-20,25-26,30,32,34-37H,3-18,21-24,27-29H2,1-2H3/t30?,32?,34?,35?,36-,37-/m1/s1. The molecule has 2 aliphatic carbocycles. The Balaban J connectivity index is 1.26. The Bertz CT molecular complexity index is 954. The molecule has 2 saturated carbocycles. The second kappa shape index (κ2) is 22.4. The Morgan fingerprint density at radius 2 is 1.07 bits per heavy atom. The molecule has 46 heavy (non-hydrogen) atoms. The van der Waals surface area contributed by atoms with Crippen LogP contribution in [-0.2, 0) is 19.1 Å². The average molecular weight is 649 g/mol. The molecule has 5 nitrogen and oxygen atoms in total. The first-order valence-corrected chi connectivity index (χ1v) is 18.8. The predicted molar refractivity (Wildman–Crippen MR) is 181 cm³/mol. The second-order valence-electron chi connectivity index (χ2n) is 13.9. The molecular weight excluding hydrogens is 586 g/mol. The fraction of sp³-hybridized carbons (Fsp3) is 0.795. The van der Waals surface area contributed by atoms with Crippen molar-refractivity contribution in [2.45, 2.75) is 186 Å². The van der Waals surface area contributed by atoms with Crippen LogP contribution in [0.25, 0.3) is 0 Å². The highest BCUT2D eigenvalue weighted by molar-refractivity contribution is 5.75. The van der Waals surface area contributed by atoms with Gasteiger partial charge in [0.05, 0.1) is 6.61 Å². The number of carbonyl (C=O) groups is 2. The maximum absolute atomic E-state index is 14.3. The van der Waals surface area contributed by atoms with Crippen LogP contribution in [0.5, 0.6) is 5.75 Å². The van der Waals surface area contributed by atoms with Gasteiger partial charge in [0, 0.05) is 0 Å². The number of ether oxygens (including phenoxy) is 3. The van der Waals surface area contributed by atoms with Crippen LogP contribution >= 0.6 is 0 Å². The number of alkyl halides is 2. The molecule has 0 N–H and O–H groups in total. The van der Waals surface area contributed by atoms with E-state index in [1.165, 1.54) is 44.1 Å². The van der Waals surface area contributed by atoms with E-state index >= 15 is 0 Å². The molecule has 1 aromatic carbocycles. The minimum Gasteiger partial charge on any atom is -0.493 e. The van der Waals surface area contributed by atoms with Crippen LogP contribution in [-0.4, -0.2) is 43.1 Å². The number of carbonyl (C=O) groups excluding carboxylic acids is 2.